The lowest BCUT2D eigenvalue weighted by Crippen LogP contribution is -2.61. The SMILES string of the molecule is COc1ccc(CCN2CC[C@@]34CCCC[C@H]3[C@@H]2Cc2ccc(O)cc24)cc1. The number of rotatable bonds is 4. The molecule has 5 rings (SSSR count). The van der Waals surface area contributed by atoms with Crippen molar-refractivity contribution in [3.63, 3.8) is 0 Å². The number of hydrogen-bond donors (Lipinski definition) is 1. The van der Waals surface area contributed by atoms with Crippen LogP contribution in [-0.4, -0.2) is 36.2 Å². The molecule has 148 valence electrons. The molecule has 0 radical (unpaired) electrons. The van der Waals surface area contributed by atoms with Gasteiger partial charge in [-0.3, -0.25) is 4.90 Å². The second-order valence-corrected chi connectivity index (χ2v) is 9.01. The topological polar surface area (TPSA) is 32.7 Å². The summed E-state index contributed by atoms with van der Waals surface area (Å²) in [6, 6.07) is 15.4. The highest BCUT2D eigenvalue weighted by molar-refractivity contribution is 5.45. The molecule has 0 amide bonds. The summed E-state index contributed by atoms with van der Waals surface area (Å²) in [6.45, 7) is 2.32. The van der Waals surface area contributed by atoms with Gasteiger partial charge in [0.25, 0.3) is 0 Å². The molecule has 2 bridgehead atoms. The largest absolute Gasteiger partial charge is 0.508 e. The molecule has 2 aromatic carbocycles. The number of hydrogen-bond acceptors (Lipinski definition) is 3. The second kappa shape index (κ2) is 7.11. The van der Waals surface area contributed by atoms with Gasteiger partial charge in [-0.05, 0) is 85.5 Å². The summed E-state index contributed by atoms with van der Waals surface area (Å²) in [6.07, 6.45) is 8.84. The van der Waals surface area contributed by atoms with E-state index in [9.17, 15) is 5.11 Å². The molecule has 1 saturated carbocycles. The Morgan fingerprint density at radius 2 is 1.96 bits per heavy atom. The molecule has 1 heterocycles. The van der Waals surface area contributed by atoms with Gasteiger partial charge in [0.2, 0.25) is 0 Å². The van der Waals surface area contributed by atoms with Crippen LogP contribution in [0.2, 0.25) is 0 Å². The first kappa shape index (κ1) is 18.1. The molecule has 1 aliphatic heterocycles. The highest BCUT2D eigenvalue weighted by Gasteiger charge is 2.53. The van der Waals surface area contributed by atoms with Gasteiger partial charge in [-0.2, -0.15) is 0 Å². The van der Waals surface area contributed by atoms with Crippen molar-refractivity contribution in [2.75, 3.05) is 20.2 Å². The average Bonchev–Trinajstić information content (AvgIpc) is 2.74. The maximum atomic E-state index is 10.2. The summed E-state index contributed by atoms with van der Waals surface area (Å²) < 4.78 is 5.29. The minimum absolute atomic E-state index is 0.311. The molecule has 1 saturated heterocycles. The van der Waals surface area contributed by atoms with Crippen molar-refractivity contribution in [2.24, 2.45) is 5.92 Å². The van der Waals surface area contributed by atoms with Crippen LogP contribution in [0.1, 0.15) is 48.8 Å². The van der Waals surface area contributed by atoms with Gasteiger partial charge in [0.05, 0.1) is 7.11 Å². The summed E-state index contributed by atoms with van der Waals surface area (Å²) in [4.78, 5) is 2.77. The lowest BCUT2D eigenvalue weighted by atomic mass is 9.52. The monoisotopic (exact) mass is 377 g/mol. The minimum Gasteiger partial charge on any atom is -0.508 e. The van der Waals surface area contributed by atoms with Crippen molar-refractivity contribution in [1.82, 2.24) is 4.90 Å². The molecular weight excluding hydrogens is 346 g/mol. The molecular formula is C25H31NO2. The van der Waals surface area contributed by atoms with Crippen LogP contribution in [0, 0.1) is 5.92 Å². The quantitative estimate of drug-likeness (QED) is 0.838. The molecule has 0 spiro atoms. The molecule has 3 heteroatoms. The lowest BCUT2D eigenvalue weighted by molar-refractivity contribution is -0.0106. The van der Waals surface area contributed by atoms with Crippen LogP contribution >= 0.6 is 0 Å². The number of piperidine rings is 1. The third kappa shape index (κ3) is 2.91. The molecule has 2 fully saturated rings. The summed E-state index contributed by atoms with van der Waals surface area (Å²) in [7, 11) is 1.72. The molecule has 2 aromatic rings. The number of methoxy groups -OCH3 is 1. The van der Waals surface area contributed by atoms with Gasteiger partial charge < -0.3 is 9.84 Å². The number of nitrogens with zero attached hydrogens (tertiary/aromatic N) is 1. The fraction of sp³-hybridized carbons (Fsp3) is 0.520. The highest BCUT2D eigenvalue weighted by atomic mass is 16.5. The smallest absolute Gasteiger partial charge is 0.118 e. The zero-order chi connectivity index (χ0) is 19.1. The van der Waals surface area contributed by atoms with Gasteiger partial charge in [-0.25, -0.2) is 0 Å². The molecule has 0 unspecified atom stereocenters. The maximum Gasteiger partial charge on any atom is 0.118 e. The number of aromatic hydroxyl groups is 1. The van der Waals surface area contributed by atoms with Crippen molar-refractivity contribution in [3.8, 4) is 11.5 Å². The van der Waals surface area contributed by atoms with Gasteiger partial charge >= 0.3 is 0 Å². The summed E-state index contributed by atoms with van der Waals surface area (Å²) >= 11 is 0. The third-order valence-electron chi connectivity index (χ3n) is 7.78. The van der Waals surface area contributed by atoms with Gasteiger partial charge in [-0.15, -0.1) is 0 Å². The van der Waals surface area contributed by atoms with Crippen molar-refractivity contribution >= 4 is 0 Å². The van der Waals surface area contributed by atoms with Crippen LogP contribution in [0.5, 0.6) is 11.5 Å². The number of likely N-dealkylation sites (tertiary alicyclic amines) is 1. The van der Waals surface area contributed by atoms with Crippen molar-refractivity contribution in [2.45, 2.75) is 56.4 Å². The van der Waals surface area contributed by atoms with Gasteiger partial charge in [-0.1, -0.05) is 31.0 Å². The summed E-state index contributed by atoms with van der Waals surface area (Å²) in [5, 5.41) is 10.2. The molecule has 3 atom stereocenters. The minimum atomic E-state index is 0.311. The Hall–Kier alpha value is -2.00. The van der Waals surface area contributed by atoms with E-state index in [1.54, 1.807) is 7.11 Å². The van der Waals surface area contributed by atoms with E-state index in [4.69, 9.17) is 4.74 Å². The second-order valence-electron chi connectivity index (χ2n) is 9.01. The van der Waals surface area contributed by atoms with E-state index < -0.39 is 0 Å². The van der Waals surface area contributed by atoms with E-state index in [2.05, 4.69) is 41.3 Å². The first-order chi connectivity index (χ1) is 13.7. The Bertz CT molecular complexity index is 846. The normalized spacial score (nSPS) is 29.0. The maximum absolute atomic E-state index is 10.2. The fourth-order valence-corrected chi connectivity index (χ4v) is 6.42. The fourth-order valence-electron chi connectivity index (χ4n) is 6.42. The Morgan fingerprint density at radius 3 is 2.79 bits per heavy atom. The number of phenols is 1. The molecule has 3 aliphatic rings. The van der Waals surface area contributed by atoms with Crippen LogP contribution < -0.4 is 4.74 Å². The van der Waals surface area contributed by atoms with E-state index in [-0.39, 0.29) is 0 Å². The van der Waals surface area contributed by atoms with Crippen LogP contribution in [0.25, 0.3) is 0 Å². The first-order valence-electron chi connectivity index (χ1n) is 10.9. The van der Waals surface area contributed by atoms with E-state index in [0.29, 0.717) is 17.2 Å². The van der Waals surface area contributed by atoms with Crippen LogP contribution in [0.15, 0.2) is 42.5 Å². The van der Waals surface area contributed by atoms with Crippen molar-refractivity contribution in [3.05, 3.63) is 59.2 Å². The van der Waals surface area contributed by atoms with Crippen LogP contribution in [-0.2, 0) is 18.3 Å². The van der Waals surface area contributed by atoms with E-state index in [1.165, 1.54) is 55.3 Å². The molecule has 2 aliphatic carbocycles. The Balaban J connectivity index is 1.39. The Labute approximate surface area is 168 Å². The molecule has 28 heavy (non-hydrogen) atoms. The van der Waals surface area contributed by atoms with Gasteiger partial charge in [0.15, 0.2) is 0 Å². The van der Waals surface area contributed by atoms with Gasteiger partial charge in [0, 0.05) is 18.0 Å². The van der Waals surface area contributed by atoms with Crippen molar-refractivity contribution in [1.29, 1.82) is 0 Å². The molecule has 0 aromatic heterocycles. The zero-order valence-corrected chi connectivity index (χ0v) is 16.9. The number of benzene rings is 2. The summed E-state index contributed by atoms with van der Waals surface area (Å²) in [5.41, 5.74) is 4.66. The number of fused-ring (bicyclic) bond motifs is 1. The van der Waals surface area contributed by atoms with E-state index in [1.807, 2.05) is 6.07 Å². The van der Waals surface area contributed by atoms with E-state index in [0.717, 1.165) is 31.1 Å². The third-order valence-corrected chi connectivity index (χ3v) is 7.78. The first-order valence-corrected chi connectivity index (χ1v) is 10.9. The highest BCUT2D eigenvalue weighted by Crippen LogP contribution is 2.56. The predicted molar refractivity (Wildman–Crippen MR) is 112 cm³/mol. The number of ether oxygens (including phenoxy) is 1. The Kier molecular flexibility index (Phi) is 4.59. The average molecular weight is 378 g/mol. The van der Waals surface area contributed by atoms with Crippen LogP contribution in [0.4, 0.5) is 0 Å². The standard InChI is InChI=1S/C25H31NO2/c1-28-21-9-5-18(6-10-21)11-14-26-15-13-25-12-3-2-4-22(25)24(26)16-19-7-8-20(27)17-23(19)25/h5-10,17,22,24,27H,2-4,11-16H2,1H3/t22-,24-,25-/m0/s1. The molecule has 1 N–H and O–H groups in total. The predicted octanol–water partition coefficient (Wildman–Crippen LogP) is 4.70. The zero-order valence-electron chi connectivity index (χ0n) is 16.9. The lowest BCUT2D eigenvalue weighted by Gasteiger charge is -2.59. The van der Waals surface area contributed by atoms with Crippen molar-refractivity contribution < 1.29 is 9.84 Å². The van der Waals surface area contributed by atoms with Crippen LogP contribution in [0.3, 0.4) is 0 Å². The van der Waals surface area contributed by atoms with E-state index >= 15 is 0 Å². The summed E-state index contributed by atoms with van der Waals surface area (Å²) in [5.74, 6) is 2.12. The number of phenolic OH excluding ortho intramolecular Hbond substituents is 1. The van der Waals surface area contributed by atoms with Gasteiger partial charge in [0.1, 0.15) is 11.5 Å². The molecule has 3 nitrogen and oxygen atoms in total. The Morgan fingerprint density at radius 1 is 1.11 bits per heavy atom.